The molecule has 6 heteroatoms. The first-order valence-electron chi connectivity index (χ1n) is 7.93. The van der Waals surface area contributed by atoms with E-state index in [1.807, 2.05) is 37.3 Å². The van der Waals surface area contributed by atoms with Crippen molar-refractivity contribution in [1.82, 2.24) is 10.6 Å². The highest BCUT2D eigenvalue weighted by Crippen LogP contribution is 2.25. The van der Waals surface area contributed by atoms with Gasteiger partial charge >= 0.3 is 0 Å². The van der Waals surface area contributed by atoms with Gasteiger partial charge in [-0.1, -0.05) is 42.0 Å². The Morgan fingerprint density at radius 3 is 2.28 bits per heavy atom. The van der Waals surface area contributed by atoms with Crippen molar-refractivity contribution in [1.29, 1.82) is 0 Å². The van der Waals surface area contributed by atoms with Crippen LogP contribution in [0.5, 0.6) is 11.5 Å². The van der Waals surface area contributed by atoms with Gasteiger partial charge in [-0.15, -0.1) is 0 Å². The van der Waals surface area contributed by atoms with Crippen molar-refractivity contribution in [3.8, 4) is 11.5 Å². The molecule has 2 aromatic carbocycles. The summed E-state index contributed by atoms with van der Waals surface area (Å²) in [6, 6.07) is 14.9. The van der Waals surface area contributed by atoms with E-state index in [0.717, 1.165) is 11.1 Å². The lowest BCUT2D eigenvalue weighted by atomic mass is 10.1. The molecule has 2 rings (SSSR count). The predicted octanol–water partition coefficient (Wildman–Crippen LogP) is 1.82. The van der Waals surface area contributed by atoms with Gasteiger partial charge in [-0.05, 0) is 24.6 Å². The highest BCUT2D eigenvalue weighted by Gasteiger charge is 2.08. The first kappa shape index (κ1) is 18.3. The topological polar surface area (TPSA) is 76.7 Å². The zero-order valence-corrected chi connectivity index (χ0v) is 14.4. The number of para-hydroxylation sites is 2. The first-order chi connectivity index (χ1) is 12.1. The highest BCUT2D eigenvalue weighted by atomic mass is 16.5. The average Bonchev–Trinajstić information content (AvgIpc) is 2.64. The Kier molecular flexibility index (Phi) is 6.83. The number of methoxy groups -OCH3 is 1. The molecule has 0 aliphatic rings. The predicted molar refractivity (Wildman–Crippen MR) is 94.5 cm³/mol. The average molecular weight is 342 g/mol. The fourth-order valence-electron chi connectivity index (χ4n) is 2.08. The van der Waals surface area contributed by atoms with Crippen LogP contribution in [0.1, 0.15) is 11.1 Å². The number of ether oxygens (including phenoxy) is 2. The molecule has 2 amide bonds. The van der Waals surface area contributed by atoms with Crippen molar-refractivity contribution in [3.63, 3.8) is 0 Å². The lowest BCUT2D eigenvalue weighted by Gasteiger charge is -2.10. The van der Waals surface area contributed by atoms with Gasteiger partial charge in [0.2, 0.25) is 5.91 Å². The molecule has 0 atom stereocenters. The van der Waals surface area contributed by atoms with Crippen LogP contribution in [0, 0.1) is 6.92 Å². The molecule has 25 heavy (non-hydrogen) atoms. The SMILES string of the molecule is COc1ccccc1OCC(=O)NCC(=O)NCc1ccc(C)cc1. The zero-order valence-electron chi connectivity index (χ0n) is 14.4. The van der Waals surface area contributed by atoms with Gasteiger partial charge in [-0.25, -0.2) is 0 Å². The fourth-order valence-corrected chi connectivity index (χ4v) is 2.08. The van der Waals surface area contributed by atoms with E-state index in [0.29, 0.717) is 18.0 Å². The summed E-state index contributed by atoms with van der Waals surface area (Å²) < 4.78 is 10.5. The summed E-state index contributed by atoms with van der Waals surface area (Å²) in [7, 11) is 1.53. The maximum atomic E-state index is 11.8. The molecule has 0 aliphatic heterocycles. The van der Waals surface area contributed by atoms with E-state index in [9.17, 15) is 9.59 Å². The number of rotatable bonds is 8. The number of hydrogen-bond donors (Lipinski definition) is 2. The van der Waals surface area contributed by atoms with Gasteiger partial charge in [0.25, 0.3) is 5.91 Å². The molecule has 0 bridgehead atoms. The van der Waals surface area contributed by atoms with Crippen LogP contribution in [0.3, 0.4) is 0 Å². The van der Waals surface area contributed by atoms with Gasteiger partial charge in [0, 0.05) is 6.54 Å². The van der Waals surface area contributed by atoms with E-state index in [4.69, 9.17) is 9.47 Å². The molecule has 132 valence electrons. The van der Waals surface area contributed by atoms with Gasteiger partial charge in [0.05, 0.1) is 13.7 Å². The number of carbonyl (C=O) groups is 2. The minimum atomic E-state index is -0.378. The Bertz CT molecular complexity index is 714. The van der Waals surface area contributed by atoms with Crippen molar-refractivity contribution < 1.29 is 19.1 Å². The summed E-state index contributed by atoms with van der Waals surface area (Å²) in [5, 5.41) is 5.27. The summed E-state index contributed by atoms with van der Waals surface area (Å²) in [6.07, 6.45) is 0. The van der Waals surface area contributed by atoms with Gasteiger partial charge < -0.3 is 20.1 Å². The van der Waals surface area contributed by atoms with E-state index in [2.05, 4.69) is 10.6 Å². The normalized spacial score (nSPS) is 10.0. The van der Waals surface area contributed by atoms with E-state index in [-0.39, 0.29) is 25.0 Å². The van der Waals surface area contributed by atoms with Crippen LogP contribution in [-0.2, 0) is 16.1 Å². The number of benzene rings is 2. The number of amides is 2. The Morgan fingerprint density at radius 2 is 1.60 bits per heavy atom. The third-order valence-electron chi connectivity index (χ3n) is 3.48. The standard InChI is InChI=1S/C19H22N2O4/c1-14-7-9-15(10-8-14)11-20-18(22)12-21-19(23)13-25-17-6-4-3-5-16(17)24-2/h3-10H,11-13H2,1-2H3,(H,20,22)(H,21,23). The molecule has 0 spiro atoms. The Balaban J connectivity index is 1.68. The van der Waals surface area contributed by atoms with Crippen LogP contribution in [0.15, 0.2) is 48.5 Å². The summed E-state index contributed by atoms with van der Waals surface area (Å²) >= 11 is 0. The molecular weight excluding hydrogens is 320 g/mol. The Hall–Kier alpha value is -3.02. The Labute approximate surface area is 147 Å². The van der Waals surface area contributed by atoms with Gasteiger partial charge in [0.1, 0.15) is 0 Å². The van der Waals surface area contributed by atoms with Gasteiger partial charge in [-0.3, -0.25) is 9.59 Å². The van der Waals surface area contributed by atoms with Crippen LogP contribution in [0.4, 0.5) is 0 Å². The molecule has 6 nitrogen and oxygen atoms in total. The van der Waals surface area contributed by atoms with Gasteiger partial charge in [0.15, 0.2) is 18.1 Å². The molecule has 0 aromatic heterocycles. The van der Waals surface area contributed by atoms with E-state index in [1.165, 1.54) is 7.11 Å². The van der Waals surface area contributed by atoms with Crippen LogP contribution >= 0.6 is 0 Å². The summed E-state index contributed by atoms with van der Waals surface area (Å²) in [5.74, 6) is 0.387. The van der Waals surface area contributed by atoms with E-state index >= 15 is 0 Å². The summed E-state index contributed by atoms with van der Waals surface area (Å²) in [5.41, 5.74) is 2.17. The Morgan fingerprint density at radius 1 is 0.920 bits per heavy atom. The van der Waals surface area contributed by atoms with Crippen molar-refractivity contribution in [2.24, 2.45) is 0 Å². The van der Waals surface area contributed by atoms with Gasteiger partial charge in [-0.2, -0.15) is 0 Å². The smallest absolute Gasteiger partial charge is 0.258 e. The lowest BCUT2D eigenvalue weighted by molar-refractivity contribution is -0.127. The lowest BCUT2D eigenvalue weighted by Crippen LogP contribution is -2.38. The van der Waals surface area contributed by atoms with Crippen LogP contribution < -0.4 is 20.1 Å². The third kappa shape index (κ3) is 6.18. The second kappa shape index (κ2) is 9.32. The quantitative estimate of drug-likeness (QED) is 0.767. The molecule has 0 heterocycles. The molecule has 2 N–H and O–H groups in total. The van der Waals surface area contributed by atoms with Crippen molar-refractivity contribution in [2.45, 2.75) is 13.5 Å². The van der Waals surface area contributed by atoms with Crippen LogP contribution in [0.2, 0.25) is 0 Å². The maximum Gasteiger partial charge on any atom is 0.258 e. The van der Waals surface area contributed by atoms with E-state index in [1.54, 1.807) is 18.2 Å². The van der Waals surface area contributed by atoms with Crippen LogP contribution in [0.25, 0.3) is 0 Å². The maximum absolute atomic E-state index is 11.8. The number of carbonyl (C=O) groups excluding carboxylic acids is 2. The van der Waals surface area contributed by atoms with E-state index < -0.39 is 0 Å². The molecule has 0 fully saturated rings. The first-order valence-corrected chi connectivity index (χ1v) is 7.93. The minimum Gasteiger partial charge on any atom is -0.493 e. The molecule has 0 saturated carbocycles. The zero-order chi connectivity index (χ0) is 18.1. The number of nitrogens with one attached hydrogen (secondary N) is 2. The molecule has 0 unspecified atom stereocenters. The second-order valence-corrected chi connectivity index (χ2v) is 5.48. The largest absolute Gasteiger partial charge is 0.493 e. The molecule has 0 radical (unpaired) electrons. The minimum absolute atomic E-state index is 0.0972. The summed E-state index contributed by atoms with van der Waals surface area (Å²) in [6.45, 7) is 2.14. The van der Waals surface area contributed by atoms with Crippen molar-refractivity contribution in [2.75, 3.05) is 20.3 Å². The van der Waals surface area contributed by atoms with Crippen molar-refractivity contribution >= 4 is 11.8 Å². The molecule has 2 aromatic rings. The highest BCUT2D eigenvalue weighted by molar-refractivity contribution is 5.85. The van der Waals surface area contributed by atoms with Crippen molar-refractivity contribution in [3.05, 3.63) is 59.7 Å². The molecular formula is C19H22N2O4. The molecule has 0 saturated heterocycles. The monoisotopic (exact) mass is 342 g/mol. The number of aryl methyl sites for hydroxylation is 1. The second-order valence-electron chi connectivity index (χ2n) is 5.48. The molecule has 0 aliphatic carbocycles. The fraction of sp³-hybridized carbons (Fsp3) is 0.263. The third-order valence-corrected chi connectivity index (χ3v) is 3.48. The summed E-state index contributed by atoms with van der Waals surface area (Å²) in [4.78, 5) is 23.6. The van der Waals surface area contributed by atoms with Crippen LogP contribution in [-0.4, -0.2) is 32.1 Å². The number of hydrogen-bond acceptors (Lipinski definition) is 4.